The van der Waals surface area contributed by atoms with Gasteiger partial charge in [0.1, 0.15) is 11.5 Å². The Bertz CT molecular complexity index is 588. The van der Waals surface area contributed by atoms with Gasteiger partial charge in [-0.25, -0.2) is 9.78 Å². The smallest absolute Gasteiger partial charge is 0.328 e. The molecule has 0 bridgehead atoms. The zero-order valence-corrected chi connectivity index (χ0v) is 9.85. The molecule has 0 radical (unpaired) electrons. The van der Waals surface area contributed by atoms with Crippen molar-refractivity contribution in [2.24, 2.45) is 0 Å². The molecule has 0 aliphatic rings. The quantitative estimate of drug-likeness (QED) is 0.823. The molecule has 5 heteroatoms. The van der Waals surface area contributed by atoms with E-state index in [2.05, 4.69) is 4.98 Å². The van der Waals surface area contributed by atoms with Crippen molar-refractivity contribution in [2.75, 3.05) is 0 Å². The van der Waals surface area contributed by atoms with E-state index in [1.165, 1.54) is 18.3 Å². The van der Waals surface area contributed by atoms with Crippen LogP contribution in [0.5, 0.6) is 17.4 Å². The van der Waals surface area contributed by atoms with Gasteiger partial charge in [-0.1, -0.05) is 12.1 Å². The summed E-state index contributed by atoms with van der Waals surface area (Å²) in [7, 11) is 0. The van der Waals surface area contributed by atoms with Crippen LogP contribution in [0.2, 0.25) is 0 Å². The Hall–Kier alpha value is -2.82. The minimum Gasteiger partial charge on any atom is -0.506 e. The summed E-state index contributed by atoms with van der Waals surface area (Å²) in [5.41, 5.74) is 0.758. The van der Waals surface area contributed by atoms with Gasteiger partial charge in [0.25, 0.3) is 0 Å². The lowest BCUT2D eigenvalue weighted by atomic mass is 10.2. The van der Waals surface area contributed by atoms with Crippen LogP contribution in [0.1, 0.15) is 5.56 Å². The third kappa shape index (κ3) is 3.85. The zero-order chi connectivity index (χ0) is 13.7. The Morgan fingerprint density at radius 2 is 1.89 bits per heavy atom. The summed E-state index contributed by atoms with van der Waals surface area (Å²) in [6, 6.07) is 9.90. The maximum Gasteiger partial charge on any atom is 0.328 e. The van der Waals surface area contributed by atoms with Gasteiger partial charge in [0.2, 0.25) is 5.88 Å². The third-order valence-corrected chi connectivity index (χ3v) is 2.24. The minimum absolute atomic E-state index is 0.0708. The van der Waals surface area contributed by atoms with Crippen molar-refractivity contribution < 1.29 is 19.7 Å². The molecule has 96 valence electrons. The van der Waals surface area contributed by atoms with Crippen molar-refractivity contribution in [3.8, 4) is 17.4 Å². The van der Waals surface area contributed by atoms with E-state index in [9.17, 15) is 4.79 Å². The fourth-order valence-electron chi connectivity index (χ4n) is 1.37. The standard InChI is InChI=1S/C14H11NO4/c16-11-4-7-13(15-9-11)19-12-5-1-10(2-6-12)3-8-14(17)18/h1-9,16H,(H,17,18)/b8-3+. The van der Waals surface area contributed by atoms with Gasteiger partial charge in [0, 0.05) is 12.1 Å². The van der Waals surface area contributed by atoms with Crippen LogP contribution in [0.4, 0.5) is 0 Å². The summed E-state index contributed by atoms with van der Waals surface area (Å²) in [5, 5.41) is 17.6. The predicted molar refractivity (Wildman–Crippen MR) is 69.1 cm³/mol. The molecule has 0 spiro atoms. The number of carboxylic acids is 1. The van der Waals surface area contributed by atoms with E-state index in [1.54, 1.807) is 30.3 Å². The van der Waals surface area contributed by atoms with Gasteiger partial charge in [0.05, 0.1) is 6.20 Å². The number of nitrogens with zero attached hydrogens (tertiary/aromatic N) is 1. The fraction of sp³-hybridized carbons (Fsp3) is 0. The van der Waals surface area contributed by atoms with E-state index >= 15 is 0 Å². The number of aromatic hydroxyl groups is 1. The second-order valence-electron chi connectivity index (χ2n) is 3.70. The molecule has 1 aromatic heterocycles. The molecule has 2 aromatic rings. The Kier molecular flexibility index (Phi) is 3.78. The van der Waals surface area contributed by atoms with Crippen LogP contribution in [-0.4, -0.2) is 21.2 Å². The summed E-state index contributed by atoms with van der Waals surface area (Å²) < 4.78 is 5.45. The first-order valence-corrected chi connectivity index (χ1v) is 5.47. The monoisotopic (exact) mass is 257 g/mol. The molecule has 2 N–H and O–H groups in total. The summed E-state index contributed by atoms with van der Waals surface area (Å²) in [5.74, 6) is 0.0208. The second kappa shape index (κ2) is 5.68. The van der Waals surface area contributed by atoms with E-state index in [4.69, 9.17) is 14.9 Å². The molecule has 0 fully saturated rings. The summed E-state index contributed by atoms with van der Waals surface area (Å²) >= 11 is 0. The number of hydrogen-bond acceptors (Lipinski definition) is 4. The van der Waals surface area contributed by atoms with Crippen LogP contribution in [0.3, 0.4) is 0 Å². The number of aromatic nitrogens is 1. The maximum atomic E-state index is 10.4. The SMILES string of the molecule is O=C(O)/C=C/c1ccc(Oc2ccc(O)cn2)cc1. The van der Waals surface area contributed by atoms with Crippen molar-refractivity contribution in [2.45, 2.75) is 0 Å². The highest BCUT2D eigenvalue weighted by Gasteiger charge is 1.98. The van der Waals surface area contributed by atoms with Crippen LogP contribution in [-0.2, 0) is 4.79 Å². The van der Waals surface area contributed by atoms with E-state index in [1.807, 2.05) is 0 Å². The number of ether oxygens (including phenoxy) is 1. The molecule has 0 atom stereocenters. The number of pyridine rings is 1. The molecule has 0 aliphatic heterocycles. The van der Waals surface area contributed by atoms with Gasteiger partial charge in [-0.2, -0.15) is 0 Å². The molecular formula is C14H11NO4. The molecule has 0 saturated carbocycles. The maximum absolute atomic E-state index is 10.4. The Labute approximate surface area is 109 Å². The number of carbonyl (C=O) groups is 1. The van der Waals surface area contributed by atoms with Crippen molar-refractivity contribution in [3.63, 3.8) is 0 Å². The Morgan fingerprint density at radius 1 is 1.16 bits per heavy atom. The average molecular weight is 257 g/mol. The molecular weight excluding hydrogens is 246 g/mol. The molecule has 1 aromatic carbocycles. The zero-order valence-electron chi connectivity index (χ0n) is 9.85. The van der Waals surface area contributed by atoms with Crippen LogP contribution >= 0.6 is 0 Å². The Balaban J connectivity index is 2.06. The first-order valence-electron chi connectivity index (χ1n) is 5.47. The number of rotatable bonds is 4. The topological polar surface area (TPSA) is 79.7 Å². The molecule has 2 rings (SSSR count). The minimum atomic E-state index is -0.992. The largest absolute Gasteiger partial charge is 0.506 e. The van der Waals surface area contributed by atoms with Crippen molar-refractivity contribution in [1.29, 1.82) is 0 Å². The van der Waals surface area contributed by atoms with E-state index < -0.39 is 5.97 Å². The Morgan fingerprint density at radius 3 is 2.47 bits per heavy atom. The predicted octanol–water partition coefficient (Wildman–Crippen LogP) is 2.68. The summed E-state index contributed by atoms with van der Waals surface area (Å²) in [6.07, 6.45) is 3.85. The van der Waals surface area contributed by atoms with Crippen molar-refractivity contribution >= 4 is 12.0 Å². The van der Waals surface area contributed by atoms with Gasteiger partial charge in [0.15, 0.2) is 0 Å². The lowest BCUT2D eigenvalue weighted by molar-refractivity contribution is -0.131. The van der Waals surface area contributed by atoms with E-state index in [0.717, 1.165) is 11.6 Å². The highest BCUT2D eigenvalue weighted by molar-refractivity contribution is 5.85. The van der Waals surface area contributed by atoms with Gasteiger partial charge in [-0.3, -0.25) is 0 Å². The number of hydrogen-bond donors (Lipinski definition) is 2. The number of carboxylic acid groups (broad SMARTS) is 1. The van der Waals surface area contributed by atoms with Gasteiger partial charge < -0.3 is 14.9 Å². The third-order valence-electron chi connectivity index (χ3n) is 2.24. The molecule has 0 saturated heterocycles. The first kappa shape index (κ1) is 12.6. The highest BCUT2D eigenvalue weighted by atomic mass is 16.5. The van der Waals surface area contributed by atoms with Crippen LogP contribution < -0.4 is 4.74 Å². The second-order valence-corrected chi connectivity index (χ2v) is 3.70. The summed E-state index contributed by atoms with van der Waals surface area (Å²) in [6.45, 7) is 0. The first-order chi connectivity index (χ1) is 9.13. The van der Waals surface area contributed by atoms with Crippen LogP contribution in [0, 0.1) is 0 Å². The number of benzene rings is 1. The molecule has 5 nitrogen and oxygen atoms in total. The highest BCUT2D eigenvalue weighted by Crippen LogP contribution is 2.21. The normalized spacial score (nSPS) is 10.5. The van der Waals surface area contributed by atoms with Crippen molar-refractivity contribution in [1.82, 2.24) is 4.98 Å². The van der Waals surface area contributed by atoms with Crippen molar-refractivity contribution in [3.05, 3.63) is 54.2 Å². The molecule has 19 heavy (non-hydrogen) atoms. The average Bonchev–Trinajstić information content (AvgIpc) is 2.40. The lowest BCUT2D eigenvalue weighted by Crippen LogP contribution is -1.87. The molecule has 0 amide bonds. The van der Waals surface area contributed by atoms with Crippen LogP contribution in [0.15, 0.2) is 48.7 Å². The van der Waals surface area contributed by atoms with E-state index in [0.29, 0.717) is 11.6 Å². The summed E-state index contributed by atoms with van der Waals surface area (Å²) in [4.78, 5) is 14.3. The van der Waals surface area contributed by atoms with Crippen LogP contribution in [0.25, 0.3) is 6.08 Å². The van der Waals surface area contributed by atoms with E-state index in [-0.39, 0.29) is 5.75 Å². The number of aliphatic carboxylic acids is 1. The molecule has 0 unspecified atom stereocenters. The van der Waals surface area contributed by atoms with Gasteiger partial charge >= 0.3 is 5.97 Å². The van der Waals surface area contributed by atoms with Gasteiger partial charge in [-0.05, 0) is 29.8 Å². The fourth-order valence-corrected chi connectivity index (χ4v) is 1.37. The molecule has 0 aliphatic carbocycles. The lowest BCUT2D eigenvalue weighted by Gasteiger charge is -2.04. The van der Waals surface area contributed by atoms with Gasteiger partial charge in [-0.15, -0.1) is 0 Å². The molecule has 1 heterocycles.